The lowest BCUT2D eigenvalue weighted by molar-refractivity contribution is -0.119. The summed E-state index contributed by atoms with van der Waals surface area (Å²) in [6, 6.07) is 5.66. The SMILES string of the molecule is COc1ccc2c(c1)NC(=O)C2(C)C. The summed E-state index contributed by atoms with van der Waals surface area (Å²) in [6.07, 6.45) is 0. The summed E-state index contributed by atoms with van der Waals surface area (Å²) in [5.41, 5.74) is 1.46. The van der Waals surface area contributed by atoms with Gasteiger partial charge in [-0.2, -0.15) is 0 Å². The molecule has 1 aliphatic rings. The number of hydrogen-bond acceptors (Lipinski definition) is 2. The van der Waals surface area contributed by atoms with Crippen LogP contribution in [0.5, 0.6) is 5.75 Å². The van der Waals surface area contributed by atoms with Crippen molar-refractivity contribution in [2.75, 3.05) is 12.4 Å². The lowest BCUT2D eigenvalue weighted by Crippen LogP contribution is -2.26. The Bertz CT molecular complexity index is 396. The molecule has 14 heavy (non-hydrogen) atoms. The monoisotopic (exact) mass is 191 g/mol. The zero-order valence-electron chi connectivity index (χ0n) is 8.55. The van der Waals surface area contributed by atoms with E-state index in [2.05, 4.69) is 5.32 Å². The van der Waals surface area contributed by atoms with Crippen LogP contribution < -0.4 is 10.1 Å². The minimum atomic E-state index is -0.429. The summed E-state index contributed by atoms with van der Waals surface area (Å²) in [5.74, 6) is 0.808. The molecule has 1 heterocycles. The second-order valence-electron chi connectivity index (χ2n) is 3.99. The molecule has 1 aromatic rings. The van der Waals surface area contributed by atoms with Crippen molar-refractivity contribution in [3.05, 3.63) is 23.8 Å². The molecule has 0 atom stereocenters. The number of carbonyl (C=O) groups is 1. The molecule has 2 rings (SSSR count). The molecule has 1 aromatic carbocycles. The van der Waals surface area contributed by atoms with E-state index in [-0.39, 0.29) is 5.91 Å². The Kier molecular flexibility index (Phi) is 1.77. The molecule has 0 fully saturated rings. The Labute approximate surface area is 83.1 Å². The number of anilines is 1. The van der Waals surface area contributed by atoms with Gasteiger partial charge in [0.15, 0.2) is 0 Å². The highest BCUT2D eigenvalue weighted by Crippen LogP contribution is 2.38. The first-order chi connectivity index (χ1) is 6.55. The normalized spacial score (nSPS) is 17.5. The first kappa shape index (κ1) is 9.06. The molecular weight excluding hydrogens is 178 g/mol. The van der Waals surface area contributed by atoms with Gasteiger partial charge >= 0.3 is 0 Å². The molecule has 0 spiro atoms. The third kappa shape index (κ3) is 1.09. The van der Waals surface area contributed by atoms with Gasteiger partial charge in [-0.1, -0.05) is 6.07 Å². The predicted molar refractivity (Wildman–Crippen MR) is 54.6 cm³/mol. The van der Waals surface area contributed by atoms with Gasteiger partial charge < -0.3 is 10.1 Å². The van der Waals surface area contributed by atoms with Crippen LogP contribution in [0.15, 0.2) is 18.2 Å². The maximum atomic E-state index is 11.6. The third-order valence-corrected chi connectivity index (χ3v) is 2.72. The van der Waals surface area contributed by atoms with Crippen molar-refractivity contribution in [2.24, 2.45) is 0 Å². The molecule has 0 aromatic heterocycles. The average Bonchev–Trinajstić information content (AvgIpc) is 2.38. The fourth-order valence-corrected chi connectivity index (χ4v) is 1.70. The Hall–Kier alpha value is -1.51. The van der Waals surface area contributed by atoms with Gasteiger partial charge in [-0.3, -0.25) is 4.79 Å². The zero-order chi connectivity index (χ0) is 10.3. The van der Waals surface area contributed by atoms with Crippen LogP contribution in [0.1, 0.15) is 19.4 Å². The molecule has 0 aliphatic carbocycles. The summed E-state index contributed by atoms with van der Waals surface area (Å²) < 4.78 is 5.09. The molecule has 0 bridgehead atoms. The molecule has 3 nitrogen and oxygen atoms in total. The van der Waals surface area contributed by atoms with Crippen LogP contribution in [0.2, 0.25) is 0 Å². The topological polar surface area (TPSA) is 38.3 Å². The van der Waals surface area contributed by atoms with Gasteiger partial charge in [0, 0.05) is 11.8 Å². The van der Waals surface area contributed by atoms with Crippen molar-refractivity contribution in [2.45, 2.75) is 19.3 Å². The Morgan fingerprint density at radius 3 is 2.71 bits per heavy atom. The second kappa shape index (κ2) is 2.74. The number of fused-ring (bicyclic) bond motifs is 1. The predicted octanol–water partition coefficient (Wildman–Crippen LogP) is 1.92. The number of hydrogen-bond donors (Lipinski definition) is 1. The van der Waals surface area contributed by atoms with Crippen molar-refractivity contribution < 1.29 is 9.53 Å². The fourth-order valence-electron chi connectivity index (χ4n) is 1.70. The van der Waals surface area contributed by atoms with Gasteiger partial charge in [-0.05, 0) is 25.5 Å². The van der Waals surface area contributed by atoms with Crippen molar-refractivity contribution >= 4 is 11.6 Å². The van der Waals surface area contributed by atoms with Crippen molar-refractivity contribution in [3.63, 3.8) is 0 Å². The summed E-state index contributed by atoms with van der Waals surface area (Å²) in [5, 5.41) is 2.84. The first-order valence-corrected chi connectivity index (χ1v) is 4.55. The average molecular weight is 191 g/mol. The first-order valence-electron chi connectivity index (χ1n) is 4.55. The lowest BCUT2D eigenvalue weighted by atomic mass is 9.86. The number of methoxy groups -OCH3 is 1. The number of carbonyl (C=O) groups excluding carboxylic acids is 1. The maximum Gasteiger partial charge on any atom is 0.234 e. The lowest BCUT2D eigenvalue weighted by Gasteiger charge is -2.14. The van der Waals surface area contributed by atoms with Gasteiger partial charge in [0.1, 0.15) is 5.75 Å². The number of rotatable bonds is 1. The van der Waals surface area contributed by atoms with Gasteiger partial charge in [0.05, 0.1) is 12.5 Å². The quantitative estimate of drug-likeness (QED) is 0.736. The standard InChI is InChI=1S/C11H13NO2/c1-11(2)8-5-4-7(14-3)6-9(8)12-10(11)13/h4-6H,1-3H3,(H,12,13). The number of benzene rings is 1. The van der Waals surface area contributed by atoms with Crippen LogP contribution >= 0.6 is 0 Å². The Balaban J connectivity index is 2.54. The van der Waals surface area contributed by atoms with E-state index in [0.29, 0.717) is 0 Å². The number of amides is 1. The van der Waals surface area contributed by atoms with Gasteiger partial charge in [-0.15, -0.1) is 0 Å². The van der Waals surface area contributed by atoms with Crippen LogP contribution in [0.3, 0.4) is 0 Å². The number of nitrogens with one attached hydrogen (secondary N) is 1. The number of ether oxygens (including phenoxy) is 1. The zero-order valence-corrected chi connectivity index (χ0v) is 8.55. The van der Waals surface area contributed by atoms with E-state index in [1.165, 1.54) is 0 Å². The molecule has 1 amide bonds. The molecular formula is C11H13NO2. The summed E-state index contributed by atoms with van der Waals surface area (Å²) in [6.45, 7) is 3.83. The van der Waals surface area contributed by atoms with E-state index in [1.807, 2.05) is 32.0 Å². The molecule has 0 saturated heterocycles. The Morgan fingerprint density at radius 1 is 1.36 bits per heavy atom. The third-order valence-electron chi connectivity index (χ3n) is 2.72. The minimum absolute atomic E-state index is 0.0424. The molecule has 1 aliphatic heterocycles. The van der Waals surface area contributed by atoms with E-state index in [1.54, 1.807) is 7.11 Å². The van der Waals surface area contributed by atoms with Crippen molar-refractivity contribution in [3.8, 4) is 5.75 Å². The van der Waals surface area contributed by atoms with Gasteiger partial charge in [0.2, 0.25) is 5.91 Å². The van der Waals surface area contributed by atoms with E-state index >= 15 is 0 Å². The van der Waals surface area contributed by atoms with Gasteiger partial charge in [0.25, 0.3) is 0 Å². The summed E-state index contributed by atoms with van der Waals surface area (Å²) in [7, 11) is 1.61. The largest absolute Gasteiger partial charge is 0.497 e. The fraction of sp³-hybridized carbons (Fsp3) is 0.364. The molecule has 3 heteroatoms. The molecule has 74 valence electrons. The highest BCUT2D eigenvalue weighted by molar-refractivity contribution is 6.05. The van der Waals surface area contributed by atoms with Crippen LogP contribution in [-0.4, -0.2) is 13.0 Å². The molecule has 0 unspecified atom stereocenters. The summed E-state index contributed by atoms with van der Waals surface area (Å²) in [4.78, 5) is 11.6. The maximum absolute atomic E-state index is 11.6. The van der Waals surface area contributed by atoms with Crippen molar-refractivity contribution in [1.29, 1.82) is 0 Å². The van der Waals surface area contributed by atoms with Crippen LogP contribution in [0.25, 0.3) is 0 Å². The van der Waals surface area contributed by atoms with E-state index in [0.717, 1.165) is 17.0 Å². The van der Waals surface area contributed by atoms with Crippen LogP contribution in [0, 0.1) is 0 Å². The van der Waals surface area contributed by atoms with Crippen LogP contribution in [-0.2, 0) is 10.2 Å². The van der Waals surface area contributed by atoms with E-state index in [9.17, 15) is 4.79 Å². The summed E-state index contributed by atoms with van der Waals surface area (Å²) >= 11 is 0. The highest BCUT2D eigenvalue weighted by Gasteiger charge is 2.38. The van der Waals surface area contributed by atoms with E-state index in [4.69, 9.17) is 4.74 Å². The van der Waals surface area contributed by atoms with Crippen LogP contribution in [0.4, 0.5) is 5.69 Å². The highest BCUT2D eigenvalue weighted by atomic mass is 16.5. The van der Waals surface area contributed by atoms with E-state index < -0.39 is 5.41 Å². The smallest absolute Gasteiger partial charge is 0.234 e. The van der Waals surface area contributed by atoms with Crippen molar-refractivity contribution in [1.82, 2.24) is 0 Å². The second-order valence-corrected chi connectivity index (χ2v) is 3.99. The van der Waals surface area contributed by atoms with Gasteiger partial charge in [-0.25, -0.2) is 0 Å². The molecule has 0 saturated carbocycles. The molecule has 1 N–H and O–H groups in total. The minimum Gasteiger partial charge on any atom is -0.497 e. The Morgan fingerprint density at radius 2 is 2.07 bits per heavy atom. The molecule has 0 radical (unpaired) electrons.